The average molecular weight is 225 g/mol. The fraction of sp³-hybridized carbons (Fsp3) is 0.167. The number of allylic oxidation sites excluding steroid dienone is 1. The van der Waals surface area contributed by atoms with Gasteiger partial charge >= 0.3 is 0 Å². The lowest BCUT2D eigenvalue weighted by molar-refractivity contribution is 0.903. The maximum Gasteiger partial charge on any atom is 0.254 e. The van der Waals surface area contributed by atoms with Gasteiger partial charge in [-0.3, -0.25) is 0 Å². The van der Waals surface area contributed by atoms with Gasteiger partial charge in [-0.1, -0.05) is 20.1 Å². The molecule has 0 fully saturated rings. The molecule has 0 saturated carbocycles. The molecule has 2 rings (SSSR count). The highest BCUT2D eigenvalue weighted by molar-refractivity contribution is 5.64. The van der Waals surface area contributed by atoms with Gasteiger partial charge in [-0.25, -0.2) is 4.98 Å². The lowest BCUT2D eigenvalue weighted by Gasteiger charge is -2.05. The minimum Gasteiger partial charge on any atom is -0.212 e. The monoisotopic (exact) mass is 225 g/mol. The van der Waals surface area contributed by atoms with Crippen molar-refractivity contribution in [3.05, 3.63) is 36.4 Å². The molecule has 0 aliphatic carbocycles. The second-order valence-electron chi connectivity index (χ2n) is 3.49. The summed E-state index contributed by atoms with van der Waals surface area (Å²) >= 11 is 0. The molecule has 0 aliphatic heterocycles. The minimum absolute atomic E-state index is 0.101. The fourth-order valence-electron chi connectivity index (χ4n) is 1.47. The Hall–Kier alpha value is -2.48. The third-order valence-electron chi connectivity index (χ3n) is 2.43. The summed E-state index contributed by atoms with van der Waals surface area (Å²) in [5.74, 6) is 0.493. The first-order chi connectivity index (χ1) is 8.19. The Morgan fingerprint density at radius 3 is 2.94 bits per heavy atom. The second-order valence-corrected chi connectivity index (χ2v) is 3.49. The number of fused-ring (bicyclic) bond motifs is 1. The average Bonchev–Trinajstić information content (AvgIpc) is 2.79. The summed E-state index contributed by atoms with van der Waals surface area (Å²) in [4.78, 5) is 8.23. The highest BCUT2D eigenvalue weighted by Gasteiger charge is 2.11. The van der Waals surface area contributed by atoms with E-state index in [0.29, 0.717) is 11.5 Å². The fourth-order valence-corrected chi connectivity index (χ4v) is 1.47. The van der Waals surface area contributed by atoms with Gasteiger partial charge in [0.25, 0.3) is 11.6 Å². The van der Waals surface area contributed by atoms with Gasteiger partial charge in [0, 0.05) is 0 Å². The molecule has 5 nitrogen and oxygen atoms in total. The Morgan fingerprint density at radius 1 is 1.59 bits per heavy atom. The number of rotatable bonds is 3. The van der Waals surface area contributed by atoms with Crippen LogP contribution in [-0.4, -0.2) is 19.6 Å². The first-order valence-corrected chi connectivity index (χ1v) is 5.18. The van der Waals surface area contributed by atoms with Crippen molar-refractivity contribution in [1.82, 2.24) is 19.6 Å². The van der Waals surface area contributed by atoms with Gasteiger partial charge in [-0.2, -0.15) is 14.8 Å². The van der Waals surface area contributed by atoms with Crippen molar-refractivity contribution in [2.45, 2.75) is 13.3 Å². The lowest BCUT2D eigenvalue weighted by Crippen LogP contribution is -2.01. The van der Waals surface area contributed by atoms with Gasteiger partial charge in [0.05, 0.1) is 11.4 Å². The number of aromatic nitrogens is 4. The predicted octanol–water partition coefficient (Wildman–Crippen LogP) is 2.06. The SMILES string of the molecule is C=Cc1cc(C(=C)CC)n2nc(C#N)nc2n1. The highest BCUT2D eigenvalue weighted by Crippen LogP contribution is 2.17. The molecule has 0 radical (unpaired) electrons. The van der Waals surface area contributed by atoms with Gasteiger partial charge in [0.15, 0.2) is 0 Å². The molecule has 0 atom stereocenters. The van der Waals surface area contributed by atoms with Crippen LogP contribution in [0.3, 0.4) is 0 Å². The summed E-state index contributed by atoms with van der Waals surface area (Å²) in [6.07, 6.45) is 2.42. The lowest BCUT2D eigenvalue weighted by atomic mass is 10.1. The maximum absolute atomic E-state index is 8.79. The maximum atomic E-state index is 8.79. The molecule has 0 N–H and O–H groups in total. The van der Waals surface area contributed by atoms with Crippen molar-refractivity contribution in [1.29, 1.82) is 5.26 Å². The Labute approximate surface area is 98.7 Å². The minimum atomic E-state index is 0.101. The van der Waals surface area contributed by atoms with Gasteiger partial charge in [-0.05, 0) is 24.1 Å². The Morgan fingerprint density at radius 2 is 2.35 bits per heavy atom. The normalized spacial score (nSPS) is 10.1. The van der Waals surface area contributed by atoms with Gasteiger partial charge in [0.1, 0.15) is 6.07 Å². The highest BCUT2D eigenvalue weighted by atomic mass is 15.3. The molecule has 0 aromatic carbocycles. The van der Waals surface area contributed by atoms with Gasteiger partial charge < -0.3 is 0 Å². The zero-order valence-corrected chi connectivity index (χ0v) is 9.51. The summed E-state index contributed by atoms with van der Waals surface area (Å²) in [6.45, 7) is 9.65. The second kappa shape index (κ2) is 4.18. The van der Waals surface area contributed by atoms with Crippen LogP contribution in [0.2, 0.25) is 0 Å². The Bertz CT molecular complexity index is 645. The van der Waals surface area contributed by atoms with Crippen LogP contribution in [-0.2, 0) is 0 Å². The molecule has 0 amide bonds. The van der Waals surface area contributed by atoms with Crippen LogP contribution in [0.4, 0.5) is 0 Å². The third-order valence-corrected chi connectivity index (χ3v) is 2.43. The topological polar surface area (TPSA) is 66.9 Å². The molecule has 2 aromatic rings. The van der Waals surface area contributed by atoms with E-state index in [0.717, 1.165) is 17.7 Å². The van der Waals surface area contributed by atoms with E-state index in [1.165, 1.54) is 4.52 Å². The summed E-state index contributed by atoms with van der Waals surface area (Å²) in [5.41, 5.74) is 2.41. The van der Waals surface area contributed by atoms with E-state index in [2.05, 4.69) is 28.2 Å². The number of nitrogens with zero attached hydrogens (tertiary/aromatic N) is 5. The zero-order chi connectivity index (χ0) is 12.4. The molecule has 2 aromatic heterocycles. The van der Waals surface area contributed by atoms with Crippen molar-refractivity contribution < 1.29 is 0 Å². The van der Waals surface area contributed by atoms with Crippen LogP contribution in [0, 0.1) is 11.3 Å². The molecular weight excluding hydrogens is 214 g/mol. The predicted molar refractivity (Wildman–Crippen MR) is 64.9 cm³/mol. The van der Waals surface area contributed by atoms with Crippen molar-refractivity contribution in [2.75, 3.05) is 0 Å². The number of nitriles is 1. The van der Waals surface area contributed by atoms with Crippen LogP contribution in [0.25, 0.3) is 17.4 Å². The smallest absolute Gasteiger partial charge is 0.212 e. The zero-order valence-electron chi connectivity index (χ0n) is 9.51. The molecule has 5 heteroatoms. The summed E-state index contributed by atoms with van der Waals surface area (Å²) in [5, 5.41) is 12.9. The van der Waals surface area contributed by atoms with E-state index < -0.39 is 0 Å². The summed E-state index contributed by atoms with van der Waals surface area (Å²) in [6, 6.07) is 3.73. The third kappa shape index (κ3) is 1.81. The Kier molecular flexibility index (Phi) is 2.71. The van der Waals surface area contributed by atoms with Crippen molar-refractivity contribution in [2.24, 2.45) is 0 Å². The summed E-state index contributed by atoms with van der Waals surface area (Å²) < 4.78 is 1.54. The number of hydrogen-bond acceptors (Lipinski definition) is 4. The molecule has 0 aliphatic rings. The van der Waals surface area contributed by atoms with Crippen molar-refractivity contribution in [3.8, 4) is 6.07 Å². The van der Waals surface area contributed by atoms with Gasteiger partial charge in [0.2, 0.25) is 0 Å². The Balaban J connectivity index is 2.79. The van der Waals surface area contributed by atoms with Crippen LogP contribution >= 0.6 is 0 Å². The van der Waals surface area contributed by atoms with Gasteiger partial charge in [-0.15, -0.1) is 5.10 Å². The number of hydrogen-bond donors (Lipinski definition) is 0. The van der Waals surface area contributed by atoms with Crippen LogP contribution < -0.4 is 0 Å². The first kappa shape index (κ1) is 11.0. The first-order valence-electron chi connectivity index (χ1n) is 5.18. The van der Waals surface area contributed by atoms with Crippen molar-refractivity contribution in [3.63, 3.8) is 0 Å². The molecule has 0 spiro atoms. The largest absolute Gasteiger partial charge is 0.254 e. The van der Waals surface area contributed by atoms with E-state index in [1.54, 1.807) is 6.08 Å². The van der Waals surface area contributed by atoms with E-state index >= 15 is 0 Å². The summed E-state index contributed by atoms with van der Waals surface area (Å²) in [7, 11) is 0. The molecule has 84 valence electrons. The van der Waals surface area contributed by atoms with E-state index in [9.17, 15) is 0 Å². The molecule has 2 heterocycles. The molecular formula is C12H11N5. The van der Waals surface area contributed by atoms with Crippen LogP contribution in [0.5, 0.6) is 0 Å². The van der Waals surface area contributed by atoms with E-state index in [-0.39, 0.29) is 5.82 Å². The van der Waals surface area contributed by atoms with Crippen molar-refractivity contribution >= 4 is 17.4 Å². The molecule has 0 unspecified atom stereocenters. The molecule has 0 saturated heterocycles. The van der Waals surface area contributed by atoms with E-state index in [4.69, 9.17) is 5.26 Å². The van der Waals surface area contributed by atoms with E-state index in [1.807, 2.05) is 19.1 Å². The standard InChI is InChI=1S/C12H11N5/c1-4-8(3)10-6-9(5-2)14-12-15-11(7-13)16-17(10)12/h5-6H,2-4H2,1H3. The van der Waals surface area contributed by atoms with Crippen LogP contribution in [0.15, 0.2) is 19.2 Å². The molecule has 17 heavy (non-hydrogen) atoms. The quantitative estimate of drug-likeness (QED) is 0.801. The molecule has 0 bridgehead atoms. The van der Waals surface area contributed by atoms with Crippen LogP contribution in [0.1, 0.15) is 30.6 Å².